The van der Waals surface area contributed by atoms with Crippen LogP contribution >= 0.6 is 11.6 Å². The number of amides is 1. The third-order valence-corrected chi connectivity index (χ3v) is 6.54. The van der Waals surface area contributed by atoms with Gasteiger partial charge in [0.15, 0.2) is 16.9 Å². The van der Waals surface area contributed by atoms with Crippen LogP contribution in [0.25, 0.3) is 11.0 Å². The van der Waals surface area contributed by atoms with Crippen molar-refractivity contribution < 1.29 is 18.7 Å². The summed E-state index contributed by atoms with van der Waals surface area (Å²) in [5.74, 6) is 1.05. The van der Waals surface area contributed by atoms with Gasteiger partial charge >= 0.3 is 0 Å². The second-order valence-electron chi connectivity index (χ2n) is 8.45. The van der Waals surface area contributed by atoms with Gasteiger partial charge < -0.3 is 18.8 Å². The first-order chi connectivity index (χ1) is 16.4. The fourth-order valence-electron chi connectivity index (χ4n) is 4.49. The first-order valence-corrected chi connectivity index (χ1v) is 12.3. The lowest BCUT2D eigenvalue weighted by Gasteiger charge is -2.26. The normalized spacial score (nSPS) is 15.1. The minimum absolute atomic E-state index is 0.104. The van der Waals surface area contributed by atoms with Crippen molar-refractivity contribution in [1.29, 1.82) is 0 Å². The molecule has 0 N–H and O–H groups in total. The molecule has 1 aliphatic heterocycles. The van der Waals surface area contributed by atoms with E-state index in [4.69, 9.17) is 25.5 Å². The monoisotopic (exact) mass is 483 g/mol. The van der Waals surface area contributed by atoms with Crippen LogP contribution in [-0.2, 0) is 0 Å². The molecule has 0 saturated carbocycles. The Morgan fingerprint density at radius 3 is 2.44 bits per heavy atom. The van der Waals surface area contributed by atoms with E-state index in [2.05, 4.69) is 6.92 Å². The lowest BCUT2D eigenvalue weighted by atomic mass is 9.97. The molecule has 180 valence electrons. The van der Waals surface area contributed by atoms with Gasteiger partial charge in [0.1, 0.15) is 5.58 Å². The first kappa shape index (κ1) is 24.1. The lowest BCUT2D eigenvalue weighted by molar-refractivity contribution is 0.0724. The second-order valence-corrected chi connectivity index (χ2v) is 8.86. The number of unbranched alkanes of at least 4 members (excludes halogenated alkanes) is 2. The van der Waals surface area contributed by atoms with Crippen molar-refractivity contribution in [2.24, 2.45) is 0 Å². The maximum atomic E-state index is 13.7. The smallest absolute Gasteiger partial charge is 0.290 e. The van der Waals surface area contributed by atoms with Crippen molar-refractivity contribution in [3.8, 4) is 11.5 Å². The number of hydrogen-bond acceptors (Lipinski definition) is 5. The van der Waals surface area contributed by atoms with Crippen LogP contribution in [0.2, 0.25) is 5.02 Å². The van der Waals surface area contributed by atoms with Crippen molar-refractivity contribution >= 4 is 28.5 Å². The highest BCUT2D eigenvalue weighted by Crippen LogP contribution is 2.41. The summed E-state index contributed by atoms with van der Waals surface area (Å²) in [6, 6.07) is 8.35. The van der Waals surface area contributed by atoms with Crippen LogP contribution in [0.3, 0.4) is 0 Å². The van der Waals surface area contributed by atoms with Crippen LogP contribution in [-0.4, -0.2) is 30.6 Å². The van der Waals surface area contributed by atoms with Crippen LogP contribution < -0.4 is 14.9 Å². The molecular weight excluding hydrogens is 454 g/mol. The number of hydrogen-bond donors (Lipinski definition) is 0. The molecule has 0 radical (unpaired) electrons. The number of fused-ring (bicyclic) bond motifs is 2. The largest absolute Gasteiger partial charge is 0.490 e. The summed E-state index contributed by atoms with van der Waals surface area (Å²) in [7, 11) is 0. The molecule has 34 heavy (non-hydrogen) atoms. The predicted molar refractivity (Wildman–Crippen MR) is 133 cm³/mol. The highest BCUT2D eigenvalue weighted by molar-refractivity contribution is 6.32. The Morgan fingerprint density at radius 2 is 1.74 bits per heavy atom. The Bertz CT molecular complexity index is 1280. The van der Waals surface area contributed by atoms with Gasteiger partial charge in [-0.15, -0.1) is 0 Å². The Kier molecular flexibility index (Phi) is 7.17. The van der Waals surface area contributed by atoms with E-state index < -0.39 is 6.04 Å². The molecule has 1 aliphatic rings. The molecule has 0 bridgehead atoms. The molecule has 3 aromatic rings. The number of aryl methyl sites for hydroxylation is 1. The van der Waals surface area contributed by atoms with Gasteiger partial charge in [0.2, 0.25) is 5.76 Å². The number of benzene rings is 2. The molecule has 1 amide bonds. The van der Waals surface area contributed by atoms with Crippen molar-refractivity contribution in [2.45, 2.75) is 53.0 Å². The van der Waals surface area contributed by atoms with Crippen molar-refractivity contribution in [2.75, 3.05) is 19.8 Å². The summed E-state index contributed by atoms with van der Waals surface area (Å²) in [5.41, 5.74) is 2.05. The van der Waals surface area contributed by atoms with Gasteiger partial charge in [-0.2, -0.15) is 0 Å². The zero-order valence-corrected chi connectivity index (χ0v) is 20.8. The summed E-state index contributed by atoms with van der Waals surface area (Å²) >= 11 is 6.32. The minimum Gasteiger partial charge on any atom is -0.490 e. The SMILES string of the molecule is CCCCCN1C(=O)c2oc3cc(C)c(Cl)cc3c(=O)c2C1c1ccc(OCC)c(OCC)c1. The van der Waals surface area contributed by atoms with E-state index in [1.54, 1.807) is 17.0 Å². The van der Waals surface area contributed by atoms with E-state index in [1.165, 1.54) is 0 Å². The van der Waals surface area contributed by atoms with Crippen LogP contribution in [0.4, 0.5) is 0 Å². The van der Waals surface area contributed by atoms with Crippen molar-refractivity contribution in [1.82, 2.24) is 4.90 Å². The molecule has 1 unspecified atom stereocenters. The van der Waals surface area contributed by atoms with Gasteiger partial charge in [-0.3, -0.25) is 9.59 Å². The van der Waals surface area contributed by atoms with Crippen LogP contribution in [0, 0.1) is 6.92 Å². The summed E-state index contributed by atoms with van der Waals surface area (Å²) in [6.45, 7) is 9.26. The molecule has 1 aromatic heterocycles. The summed E-state index contributed by atoms with van der Waals surface area (Å²) in [6.07, 6.45) is 2.84. The molecule has 6 nitrogen and oxygen atoms in total. The van der Waals surface area contributed by atoms with E-state index in [-0.39, 0.29) is 17.1 Å². The third kappa shape index (κ3) is 4.27. The van der Waals surface area contributed by atoms with Crippen molar-refractivity contribution in [3.05, 3.63) is 68.0 Å². The van der Waals surface area contributed by atoms with Crippen LogP contribution in [0.1, 0.15) is 73.3 Å². The third-order valence-electron chi connectivity index (χ3n) is 6.13. The number of carbonyl (C=O) groups excluding carboxylic acids is 1. The molecular formula is C27H30ClNO5. The number of nitrogens with zero attached hydrogens (tertiary/aromatic N) is 1. The topological polar surface area (TPSA) is 69.0 Å². The summed E-state index contributed by atoms with van der Waals surface area (Å²) < 4.78 is 17.6. The Labute approximate surface area is 204 Å². The molecule has 7 heteroatoms. The van der Waals surface area contributed by atoms with Crippen LogP contribution in [0.5, 0.6) is 11.5 Å². The van der Waals surface area contributed by atoms with Gasteiger partial charge in [0.25, 0.3) is 5.91 Å². The minimum atomic E-state index is -0.574. The quantitative estimate of drug-likeness (QED) is 0.334. The second kappa shape index (κ2) is 10.1. The highest BCUT2D eigenvalue weighted by Gasteiger charge is 2.42. The van der Waals surface area contributed by atoms with Gasteiger partial charge in [0, 0.05) is 11.6 Å². The van der Waals surface area contributed by atoms with E-state index in [0.29, 0.717) is 52.8 Å². The zero-order valence-electron chi connectivity index (χ0n) is 20.1. The Balaban J connectivity index is 1.92. The van der Waals surface area contributed by atoms with Crippen molar-refractivity contribution in [3.63, 3.8) is 0 Å². The highest BCUT2D eigenvalue weighted by atomic mass is 35.5. The van der Waals surface area contributed by atoms with Gasteiger partial charge in [0.05, 0.1) is 30.2 Å². The van der Waals surface area contributed by atoms with E-state index in [9.17, 15) is 9.59 Å². The van der Waals surface area contributed by atoms with Crippen LogP contribution in [0.15, 0.2) is 39.5 Å². The molecule has 2 aromatic carbocycles. The number of ether oxygens (including phenoxy) is 2. The molecule has 0 fully saturated rings. The van der Waals surface area contributed by atoms with Gasteiger partial charge in [-0.05, 0) is 62.6 Å². The predicted octanol–water partition coefficient (Wildman–Crippen LogP) is 6.29. The maximum absolute atomic E-state index is 13.7. The van der Waals surface area contributed by atoms with Gasteiger partial charge in [-0.1, -0.05) is 37.4 Å². The number of rotatable bonds is 9. The Morgan fingerprint density at radius 1 is 1.00 bits per heavy atom. The molecule has 4 rings (SSSR count). The average Bonchev–Trinajstić information content (AvgIpc) is 3.09. The average molecular weight is 484 g/mol. The number of halogens is 1. The molecule has 1 atom stereocenters. The standard InChI is InChI=1S/C27H30ClNO5/c1-5-8-9-12-29-24(17-10-11-20(32-6-2)22(14-17)33-7-3)23-25(30)18-15-19(28)16(4)13-21(18)34-26(23)27(29)31/h10-11,13-15,24H,5-9,12H2,1-4H3. The fraction of sp³-hybridized carbons (Fsp3) is 0.407. The van der Waals surface area contributed by atoms with E-state index in [1.807, 2.05) is 39.0 Å². The maximum Gasteiger partial charge on any atom is 0.290 e. The molecule has 2 heterocycles. The summed E-state index contributed by atoms with van der Waals surface area (Å²) in [4.78, 5) is 29.0. The number of carbonyl (C=O) groups is 1. The van der Waals surface area contributed by atoms with E-state index in [0.717, 1.165) is 30.4 Å². The Hall–Kier alpha value is -2.99. The van der Waals surface area contributed by atoms with Gasteiger partial charge in [-0.25, -0.2) is 0 Å². The fourth-order valence-corrected chi connectivity index (χ4v) is 4.65. The van der Waals surface area contributed by atoms with E-state index >= 15 is 0 Å². The molecule has 0 aliphatic carbocycles. The first-order valence-electron chi connectivity index (χ1n) is 11.9. The molecule has 0 saturated heterocycles. The summed E-state index contributed by atoms with van der Waals surface area (Å²) in [5, 5.41) is 0.860. The lowest BCUT2D eigenvalue weighted by Crippen LogP contribution is -2.30. The zero-order chi connectivity index (χ0) is 24.4. The molecule has 0 spiro atoms.